The van der Waals surface area contributed by atoms with Crippen LogP contribution in [0.25, 0.3) is 11.1 Å². The van der Waals surface area contributed by atoms with E-state index in [-0.39, 0.29) is 5.91 Å². The Bertz CT molecular complexity index is 883. The maximum Gasteiger partial charge on any atom is 0.253 e. The zero-order valence-corrected chi connectivity index (χ0v) is 16.8. The molecule has 2 aromatic carbocycles. The minimum atomic E-state index is 0.0327. The quantitative estimate of drug-likeness (QED) is 0.682. The molecule has 4 nitrogen and oxygen atoms in total. The molecule has 1 aliphatic carbocycles. The van der Waals surface area contributed by atoms with Crippen molar-refractivity contribution in [3.8, 4) is 16.9 Å². The maximum absolute atomic E-state index is 12.5. The van der Waals surface area contributed by atoms with Crippen molar-refractivity contribution in [1.82, 2.24) is 0 Å². The molecule has 4 rings (SSSR count). The molecule has 0 bridgehead atoms. The second-order valence-electron chi connectivity index (χ2n) is 7.98. The van der Waals surface area contributed by atoms with Crippen molar-refractivity contribution < 1.29 is 9.53 Å². The van der Waals surface area contributed by atoms with Gasteiger partial charge in [0.2, 0.25) is 0 Å². The van der Waals surface area contributed by atoms with Gasteiger partial charge in [0.1, 0.15) is 5.75 Å². The van der Waals surface area contributed by atoms with Gasteiger partial charge in [-0.15, -0.1) is 0 Å². The Balaban J connectivity index is 1.80. The number of anilines is 1. The zero-order chi connectivity index (χ0) is 19.5. The summed E-state index contributed by atoms with van der Waals surface area (Å²) < 4.78 is 5.90. The lowest BCUT2D eigenvalue weighted by Crippen LogP contribution is -2.20. The molecule has 146 valence electrons. The van der Waals surface area contributed by atoms with E-state index in [2.05, 4.69) is 23.3 Å². The van der Waals surface area contributed by atoms with Crippen LogP contribution < -0.4 is 9.75 Å². The van der Waals surface area contributed by atoms with Crippen LogP contribution in [0.5, 0.6) is 5.75 Å². The molecule has 0 radical (unpaired) electrons. The molecule has 0 atom stereocenters. The van der Waals surface area contributed by atoms with Gasteiger partial charge in [-0.3, -0.25) is 4.79 Å². The van der Waals surface area contributed by atoms with Gasteiger partial charge in [-0.1, -0.05) is 62.4 Å². The Morgan fingerprint density at radius 2 is 1.86 bits per heavy atom. The van der Waals surface area contributed by atoms with E-state index in [1.807, 2.05) is 31.2 Å². The molecule has 0 unspecified atom stereocenters. The maximum atomic E-state index is 12.5. The molecule has 0 N–H and O–H groups in total. The topological polar surface area (TPSA) is 41.9 Å². The van der Waals surface area contributed by atoms with Crippen molar-refractivity contribution in [3.63, 3.8) is 0 Å². The number of carbonyl (C=O) groups is 1. The minimum absolute atomic E-state index is 0.0327. The highest BCUT2D eigenvalue weighted by Gasteiger charge is 2.26. The lowest BCUT2D eigenvalue weighted by atomic mass is 9.84. The van der Waals surface area contributed by atoms with Crippen molar-refractivity contribution in [3.05, 3.63) is 48.0 Å². The van der Waals surface area contributed by atoms with Crippen LogP contribution in [0.3, 0.4) is 0 Å². The number of hydrogen-bond acceptors (Lipinski definition) is 3. The number of methoxy groups -OCH3 is 1. The first-order valence-corrected chi connectivity index (χ1v) is 10.3. The Labute approximate surface area is 167 Å². The molecule has 4 heteroatoms. The number of carbonyl (C=O) groups excluding carboxylic acids is 1. The van der Waals surface area contributed by atoms with E-state index in [1.165, 1.54) is 37.7 Å². The third-order valence-corrected chi connectivity index (χ3v) is 5.83. The Hall–Kier alpha value is -2.62. The number of rotatable bonds is 5. The van der Waals surface area contributed by atoms with Gasteiger partial charge in [-0.25, -0.2) is 5.01 Å². The average molecular weight is 377 g/mol. The Morgan fingerprint density at radius 3 is 2.50 bits per heavy atom. The summed E-state index contributed by atoms with van der Waals surface area (Å²) in [6, 6.07) is 14.4. The fourth-order valence-corrected chi connectivity index (χ4v) is 4.48. The van der Waals surface area contributed by atoms with E-state index >= 15 is 0 Å². The lowest BCUT2D eigenvalue weighted by molar-refractivity contribution is -0.116. The summed E-state index contributed by atoms with van der Waals surface area (Å²) >= 11 is 0. The predicted molar refractivity (Wildman–Crippen MR) is 114 cm³/mol. The summed E-state index contributed by atoms with van der Waals surface area (Å²) in [5, 5.41) is 6.04. The van der Waals surface area contributed by atoms with Crippen LogP contribution in [-0.4, -0.2) is 18.7 Å². The van der Waals surface area contributed by atoms with E-state index in [4.69, 9.17) is 4.74 Å². The zero-order valence-electron chi connectivity index (χ0n) is 16.8. The van der Waals surface area contributed by atoms with Crippen molar-refractivity contribution in [2.75, 3.05) is 12.1 Å². The molecule has 1 heterocycles. The molecule has 1 aliphatic heterocycles. The average Bonchev–Trinajstić information content (AvgIpc) is 3.07. The van der Waals surface area contributed by atoms with E-state index in [9.17, 15) is 4.79 Å². The number of nitrogens with zero attached hydrogens (tertiary/aromatic N) is 2. The molecule has 1 fully saturated rings. The van der Waals surface area contributed by atoms with E-state index < -0.39 is 0 Å². The van der Waals surface area contributed by atoms with Gasteiger partial charge < -0.3 is 4.74 Å². The van der Waals surface area contributed by atoms with Crippen LogP contribution in [-0.2, 0) is 11.2 Å². The summed E-state index contributed by atoms with van der Waals surface area (Å²) in [6.07, 6.45) is 7.89. The molecule has 0 aromatic heterocycles. The Kier molecular flexibility index (Phi) is 5.47. The predicted octanol–water partition coefficient (Wildman–Crippen LogP) is 5.60. The lowest BCUT2D eigenvalue weighted by Gasteiger charge is -2.25. The van der Waals surface area contributed by atoms with E-state index in [1.54, 1.807) is 12.1 Å². The fourth-order valence-electron chi connectivity index (χ4n) is 4.48. The molecule has 2 aromatic rings. The second kappa shape index (κ2) is 8.17. The number of amides is 1. The third kappa shape index (κ3) is 3.82. The van der Waals surface area contributed by atoms with Gasteiger partial charge in [-0.05, 0) is 42.5 Å². The van der Waals surface area contributed by atoms with Gasteiger partial charge in [0.05, 0.1) is 19.2 Å². The first kappa shape index (κ1) is 18.7. The van der Waals surface area contributed by atoms with Crippen LogP contribution in [0, 0.1) is 5.92 Å². The van der Waals surface area contributed by atoms with Gasteiger partial charge in [0.25, 0.3) is 5.91 Å². The van der Waals surface area contributed by atoms with E-state index in [0.717, 1.165) is 34.7 Å². The summed E-state index contributed by atoms with van der Waals surface area (Å²) in [5.41, 5.74) is 5.00. The molecular formula is C24H28N2O2. The SMILES string of the molecule is COc1c(CC2CCCCC2)cc(N2N=C(C)CC2=O)cc1-c1ccccc1. The van der Waals surface area contributed by atoms with Crippen molar-refractivity contribution >= 4 is 17.3 Å². The standard InChI is InChI=1S/C24H28N2O2/c1-17-13-23(27)26(25-17)21-15-20(14-18-9-5-3-6-10-18)24(28-2)22(16-21)19-11-7-4-8-12-19/h4,7-8,11-12,15-16,18H,3,5-6,9-10,13-14H2,1-2H3. The monoisotopic (exact) mass is 376 g/mol. The molecule has 1 saturated carbocycles. The van der Waals surface area contributed by atoms with Crippen LogP contribution in [0.15, 0.2) is 47.6 Å². The van der Waals surface area contributed by atoms with Crippen molar-refractivity contribution in [2.45, 2.75) is 51.9 Å². The van der Waals surface area contributed by atoms with Gasteiger partial charge in [-0.2, -0.15) is 5.10 Å². The summed E-state index contributed by atoms with van der Waals surface area (Å²) in [7, 11) is 1.75. The first-order chi connectivity index (χ1) is 13.7. The molecule has 0 spiro atoms. The van der Waals surface area contributed by atoms with E-state index in [0.29, 0.717) is 12.3 Å². The third-order valence-electron chi connectivity index (χ3n) is 5.83. The Morgan fingerprint density at radius 1 is 1.11 bits per heavy atom. The second-order valence-corrected chi connectivity index (χ2v) is 7.98. The molecule has 28 heavy (non-hydrogen) atoms. The number of hydrogen-bond donors (Lipinski definition) is 0. The highest BCUT2D eigenvalue weighted by Crippen LogP contribution is 2.40. The van der Waals surface area contributed by atoms with Gasteiger partial charge in [0.15, 0.2) is 0 Å². The largest absolute Gasteiger partial charge is 0.496 e. The first-order valence-electron chi connectivity index (χ1n) is 10.3. The smallest absolute Gasteiger partial charge is 0.253 e. The van der Waals surface area contributed by atoms with Crippen molar-refractivity contribution in [1.29, 1.82) is 0 Å². The summed E-state index contributed by atoms with van der Waals surface area (Å²) in [6.45, 7) is 1.91. The highest BCUT2D eigenvalue weighted by atomic mass is 16.5. The normalized spacial score (nSPS) is 17.7. The van der Waals surface area contributed by atoms with Crippen LogP contribution in [0.1, 0.15) is 51.0 Å². The number of ether oxygens (including phenoxy) is 1. The molecule has 1 amide bonds. The number of benzene rings is 2. The van der Waals surface area contributed by atoms with Crippen LogP contribution >= 0.6 is 0 Å². The molecular weight excluding hydrogens is 348 g/mol. The fraction of sp³-hybridized carbons (Fsp3) is 0.417. The van der Waals surface area contributed by atoms with Gasteiger partial charge >= 0.3 is 0 Å². The van der Waals surface area contributed by atoms with Crippen LogP contribution in [0.2, 0.25) is 0 Å². The summed E-state index contributed by atoms with van der Waals surface area (Å²) in [4.78, 5) is 12.5. The van der Waals surface area contributed by atoms with Gasteiger partial charge in [0, 0.05) is 11.3 Å². The molecule has 0 saturated heterocycles. The molecule has 2 aliphatic rings. The highest BCUT2D eigenvalue weighted by molar-refractivity contribution is 6.12. The minimum Gasteiger partial charge on any atom is -0.496 e. The van der Waals surface area contributed by atoms with Crippen LogP contribution in [0.4, 0.5) is 5.69 Å². The number of hydrazone groups is 1. The summed E-state index contributed by atoms with van der Waals surface area (Å²) in [5.74, 6) is 1.64. The van der Waals surface area contributed by atoms with Crippen molar-refractivity contribution in [2.24, 2.45) is 11.0 Å².